The highest BCUT2D eigenvalue weighted by molar-refractivity contribution is 7.79. The van der Waals surface area contributed by atoms with E-state index in [2.05, 4.69) is 25.1 Å². The molecule has 2 aromatic carbocycles. The molecule has 6 heteroatoms. The predicted molar refractivity (Wildman–Crippen MR) is 109 cm³/mol. The number of para-hydroxylation sites is 2. The summed E-state index contributed by atoms with van der Waals surface area (Å²) >= 11 is 0. The summed E-state index contributed by atoms with van der Waals surface area (Å²) in [5.74, 6) is 1.91. The fraction of sp³-hybridized carbons (Fsp3) is 0.429. The maximum absolute atomic E-state index is 8.74. The molecule has 0 aliphatic heterocycles. The summed E-state index contributed by atoms with van der Waals surface area (Å²) in [5, 5.41) is 0. The van der Waals surface area contributed by atoms with Crippen LogP contribution in [0.15, 0.2) is 54.6 Å². The van der Waals surface area contributed by atoms with Crippen molar-refractivity contribution in [2.24, 2.45) is 0 Å². The summed E-state index contributed by atoms with van der Waals surface area (Å²) in [6.45, 7) is 2.27. The summed E-state index contributed by atoms with van der Waals surface area (Å²) in [6, 6.07) is 18.5. The zero-order valence-corrected chi connectivity index (χ0v) is 16.7. The van der Waals surface area contributed by atoms with Crippen LogP contribution in [0.1, 0.15) is 57.4 Å². The van der Waals surface area contributed by atoms with Gasteiger partial charge in [0, 0.05) is 0 Å². The largest absolute Gasteiger partial charge is 0.457 e. The van der Waals surface area contributed by atoms with E-state index in [1.165, 1.54) is 50.5 Å². The van der Waals surface area contributed by atoms with Crippen molar-refractivity contribution in [2.75, 3.05) is 0 Å². The fourth-order valence-corrected chi connectivity index (χ4v) is 2.70. The molecule has 0 fully saturated rings. The number of hydrogen-bond donors (Lipinski definition) is 2. The Morgan fingerprint density at radius 3 is 1.93 bits per heavy atom. The van der Waals surface area contributed by atoms with Crippen molar-refractivity contribution < 1.29 is 22.3 Å². The zero-order chi connectivity index (χ0) is 20.0. The second kappa shape index (κ2) is 13.3. The minimum absolute atomic E-state index is 0.912. The van der Waals surface area contributed by atoms with E-state index in [1.807, 2.05) is 36.4 Å². The Bertz CT molecular complexity index is 721. The highest BCUT2D eigenvalue weighted by atomic mass is 32.3. The van der Waals surface area contributed by atoms with Gasteiger partial charge < -0.3 is 4.74 Å². The summed E-state index contributed by atoms with van der Waals surface area (Å²) in [5.41, 5.74) is 1.32. The van der Waals surface area contributed by atoms with Crippen molar-refractivity contribution in [3.05, 3.63) is 60.2 Å². The molecule has 5 nitrogen and oxygen atoms in total. The standard InChI is InChI=1S/C21H28O.H2O4S/c1-2-3-4-5-6-7-9-14-19-15-12-13-18-21(19)22-20-16-10-8-11-17-20;1-5(2,3)4/h8,10-13,15-18H,2-7,9,14H2,1H3;(H2,1,2,3,4). The molecule has 2 N–H and O–H groups in total. The molecule has 0 spiro atoms. The van der Waals surface area contributed by atoms with Crippen molar-refractivity contribution >= 4 is 10.4 Å². The molecule has 150 valence electrons. The van der Waals surface area contributed by atoms with E-state index < -0.39 is 10.4 Å². The number of aryl methyl sites for hydroxylation is 1. The average Bonchev–Trinajstić information content (AvgIpc) is 2.62. The molecule has 2 aromatic rings. The maximum Gasteiger partial charge on any atom is 0.394 e. The number of ether oxygens (including phenoxy) is 1. The summed E-state index contributed by atoms with van der Waals surface area (Å²) < 4.78 is 37.6. The van der Waals surface area contributed by atoms with E-state index >= 15 is 0 Å². The first-order chi connectivity index (χ1) is 12.9. The van der Waals surface area contributed by atoms with Gasteiger partial charge in [-0.15, -0.1) is 0 Å². The maximum atomic E-state index is 8.74. The van der Waals surface area contributed by atoms with Crippen molar-refractivity contribution in [1.29, 1.82) is 0 Å². The molecule has 2 rings (SSSR count). The molecule has 0 aliphatic carbocycles. The highest BCUT2D eigenvalue weighted by Crippen LogP contribution is 2.26. The van der Waals surface area contributed by atoms with Crippen LogP contribution in [0.5, 0.6) is 11.5 Å². The molecular weight excluding hydrogens is 364 g/mol. The summed E-state index contributed by atoms with van der Waals surface area (Å²) in [6.07, 6.45) is 10.5. The minimum atomic E-state index is -4.67. The van der Waals surface area contributed by atoms with Crippen LogP contribution in [0.4, 0.5) is 0 Å². The number of rotatable bonds is 10. The second-order valence-electron chi connectivity index (χ2n) is 6.34. The number of unbranched alkanes of at least 4 members (excludes halogenated alkanes) is 6. The summed E-state index contributed by atoms with van der Waals surface area (Å²) in [7, 11) is -4.67. The van der Waals surface area contributed by atoms with Gasteiger partial charge in [-0.1, -0.05) is 81.8 Å². The molecule has 0 heterocycles. The molecule has 27 heavy (non-hydrogen) atoms. The van der Waals surface area contributed by atoms with Crippen LogP contribution in [-0.2, 0) is 16.8 Å². The predicted octanol–water partition coefficient (Wildman–Crippen LogP) is 6.12. The Hall–Kier alpha value is -1.89. The van der Waals surface area contributed by atoms with Gasteiger partial charge in [-0.3, -0.25) is 9.11 Å². The molecule has 0 saturated heterocycles. The van der Waals surface area contributed by atoms with Gasteiger partial charge in [0.15, 0.2) is 0 Å². The molecule has 0 unspecified atom stereocenters. The lowest BCUT2D eigenvalue weighted by molar-refractivity contribution is 0.381. The molecular formula is C21H30O5S. The third-order valence-corrected chi connectivity index (χ3v) is 3.99. The quantitative estimate of drug-likeness (QED) is 0.375. The van der Waals surface area contributed by atoms with Gasteiger partial charge in [0.2, 0.25) is 0 Å². The van der Waals surface area contributed by atoms with E-state index in [0.29, 0.717) is 0 Å². The van der Waals surface area contributed by atoms with Crippen LogP contribution < -0.4 is 4.74 Å². The Labute approximate surface area is 163 Å². The first kappa shape index (κ1) is 23.1. The lowest BCUT2D eigenvalue weighted by atomic mass is 10.0. The Morgan fingerprint density at radius 1 is 0.778 bits per heavy atom. The van der Waals surface area contributed by atoms with Crippen LogP contribution >= 0.6 is 0 Å². The molecule has 0 bridgehead atoms. The first-order valence-corrected chi connectivity index (χ1v) is 10.8. The van der Waals surface area contributed by atoms with Crippen LogP contribution in [-0.4, -0.2) is 17.5 Å². The zero-order valence-electron chi connectivity index (χ0n) is 15.9. The van der Waals surface area contributed by atoms with Crippen molar-refractivity contribution in [3.8, 4) is 11.5 Å². The third-order valence-electron chi connectivity index (χ3n) is 3.99. The fourth-order valence-electron chi connectivity index (χ4n) is 2.70. The van der Waals surface area contributed by atoms with Gasteiger partial charge >= 0.3 is 10.4 Å². The number of benzene rings is 2. The summed E-state index contributed by atoms with van der Waals surface area (Å²) in [4.78, 5) is 0. The van der Waals surface area contributed by atoms with Gasteiger partial charge in [0.1, 0.15) is 11.5 Å². The van der Waals surface area contributed by atoms with Gasteiger partial charge in [0.25, 0.3) is 0 Å². The monoisotopic (exact) mass is 394 g/mol. The number of hydrogen-bond acceptors (Lipinski definition) is 3. The van der Waals surface area contributed by atoms with E-state index in [9.17, 15) is 0 Å². The van der Waals surface area contributed by atoms with Crippen molar-refractivity contribution in [1.82, 2.24) is 0 Å². The molecule has 0 radical (unpaired) electrons. The topological polar surface area (TPSA) is 83.8 Å². The van der Waals surface area contributed by atoms with Gasteiger partial charge in [0.05, 0.1) is 0 Å². The van der Waals surface area contributed by atoms with E-state index in [-0.39, 0.29) is 0 Å². The third kappa shape index (κ3) is 13.0. The highest BCUT2D eigenvalue weighted by Gasteiger charge is 2.04. The normalized spacial score (nSPS) is 10.8. The van der Waals surface area contributed by atoms with Gasteiger partial charge in [-0.25, -0.2) is 0 Å². The first-order valence-electron chi connectivity index (χ1n) is 9.41. The van der Waals surface area contributed by atoms with Gasteiger partial charge in [-0.05, 0) is 36.6 Å². The molecule has 0 aromatic heterocycles. The van der Waals surface area contributed by atoms with Crippen LogP contribution in [0.25, 0.3) is 0 Å². The van der Waals surface area contributed by atoms with Gasteiger partial charge in [-0.2, -0.15) is 8.42 Å². The molecule has 0 aliphatic rings. The van der Waals surface area contributed by atoms with Crippen LogP contribution in [0.2, 0.25) is 0 Å². The minimum Gasteiger partial charge on any atom is -0.457 e. The smallest absolute Gasteiger partial charge is 0.394 e. The second-order valence-corrected chi connectivity index (χ2v) is 7.24. The van der Waals surface area contributed by atoms with E-state index in [4.69, 9.17) is 22.3 Å². The molecule has 0 atom stereocenters. The Balaban J connectivity index is 0.000000646. The lowest BCUT2D eigenvalue weighted by Gasteiger charge is -2.11. The van der Waals surface area contributed by atoms with E-state index in [0.717, 1.165) is 17.9 Å². The lowest BCUT2D eigenvalue weighted by Crippen LogP contribution is -1.92. The van der Waals surface area contributed by atoms with Crippen LogP contribution in [0, 0.1) is 0 Å². The van der Waals surface area contributed by atoms with Crippen molar-refractivity contribution in [3.63, 3.8) is 0 Å². The van der Waals surface area contributed by atoms with Crippen molar-refractivity contribution in [2.45, 2.75) is 58.3 Å². The Kier molecular flexibility index (Phi) is 11.4. The SMILES string of the molecule is CCCCCCCCCc1ccccc1Oc1ccccc1.O=S(=O)(O)O. The van der Waals surface area contributed by atoms with E-state index in [1.54, 1.807) is 0 Å². The molecule has 0 saturated carbocycles. The molecule has 0 amide bonds. The average molecular weight is 395 g/mol. The van der Waals surface area contributed by atoms with Crippen LogP contribution in [0.3, 0.4) is 0 Å². The Morgan fingerprint density at radius 2 is 1.30 bits per heavy atom.